The fraction of sp³-hybridized carbons (Fsp3) is 0.0294. The molecule has 0 amide bonds. The van der Waals surface area contributed by atoms with Crippen molar-refractivity contribution >= 4 is 60.3 Å². The molecule has 0 fully saturated rings. The highest BCUT2D eigenvalue weighted by Gasteiger charge is 2.53. The molecule has 4 aliphatic rings. The van der Waals surface area contributed by atoms with E-state index in [4.69, 9.17) is 4.74 Å². The van der Waals surface area contributed by atoms with E-state index in [1.165, 1.54) is 96.7 Å². The molecule has 0 atom stereocenters. The van der Waals surface area contributed by atoms with Crippen LogP contribution in [0.3, 0.4) is 0 Å². The summed E-state index contributed by atoms with van der Waals surface area (Å²) in [6, 6.07) is 92.8. The van der Waals surface area contributed by atoms with Crippen LogP contribution in [-0.2, 0) is 10.8 Å². The minimum atomic E-state index is -0.561. The zero-order valence-corrected chi connectivity index (χ0v) is 40.5. The molecule has 336 valence electrons. The quantitative estimate of drug-likeness (QED) is 0.174. The first-order valence-electron chi connectivity index (χ1n) is 24.7. The van der Waals surface area contributed by atoms with Crippen LogP contribution in [0.4, 0.5) is 17.1 Å². The van der Waals surface area contributed by atoms with Crippen LogP contribution in [0.2, 0.25) is 0 Å². The number of rotatable bonds is 4. The first-order valence-corrected chi connectivity index (χ1v) is 26.4. The third-order valence-corrected chi connectivity index (χ3v) is 18.3. The van der Waals surface area contributed by atoms with E-state index < -0.39 is 10.8 Å². The number of hydrogen-bond donors (Lipinski definition) is 0. The van der Waals surface area contributed by atoms with Crippen LogP contribution < -0.4 is 9.64 Å². The zero-order valence-electron chi connectivity index (χ0n) is 38.8. The maximum atomic E-state index is 6.71. The summed E-state index contributed by atoms with van der Waals surface area (Å²) in [6.07, 6.45) is 0. The van der Waals surface area contributed by atoms with Crippen molar-refractivity contribution in [1.82, 2.24) is 0 Å². The molecule has 0 unspecified atom stereocenters. The molecule has 0 bridgehead atoms. The van der Waals surface area contributed by atoms with Crippen molar-refractivity contribution in [3.05, 3.63) is 293 Å². The van der Waals surface area contributed by atoms with E-state index in [2.05, 4.69) is 254 Å². The van der Waals surface area contributed by atoms with Gasteiger partial charge in [-0.15, -0.1) is 11.3 Å². The van der Waals surface area contributed by atoms with Gasteiger partial charge in [-0.2, -0.15) is 0 Å². The maximum Gasteiger partial charge on any atom is 0.132 e. The minimum absolute atomic E-state index is 0.509. The highest BCUT2D eigenvalue weighted by atomic mass is 32.2. The van der Waals surface area contributed by atoms with Gasteiger partial charge in [0.05, 0.1) is 16.5 Å². The fourth-order valence-electron chi connectivity index (χ4n) is 13.3. The molecule has 0 N–H and O–H groups in total. The van der Waals surface area contributed by atoms with Crippen LogP contribution in [0.5, 0.6) is 11.5 Å². The molecule has 2 nitrogen and oxygen atoms in total. The predicted octanol–water partition coefficient (Wildman–Crippen LogP) is 18.5. The molecule has 2 spiro atoms. The molecule has 2 aliphatic heterocycles. The number of hydrogen-bond acceptors (Lipinski definition) is 4. The molecule has 0 saturated carbocycles. The lowest BCUT2D eigenvalue weighted by molar-refractivity contribution is 0.436. The highest BCUT2D eigenvalue weighted by Crippen LogP contribution is 2.66. The first kappa shape index (κ1) is 40.3. The van der Waals surface area contributed by atoms with Crippen molar-refractivity contribution in [2.45, 2.75) is 20.6 Å². The monoisotopic (exact) mass is 951 g/mol. The molecule has 12 aromatic rings. The van der Waals surface area contributed by atoms with Gasteiger partial charge in [-0.25, -0.2) is 0 Å². The van der Waals surface area contributed by atoms with E-state index in [1.54, 1.807) is 0 Å². The lowest BCUT2D eigenvalue weighted by Crippen LogP contribution is -2.32. The van der Waals surface area contributed by atoms with Crippen LogP contribution in [-0.4, -0.2) is 0 Å². The van der Waals surface area contributed by atoms with Gasteiger partial charge in [0.2, 0.25) is 0 Å². The second-order valence-corrected chi connectivity index (χ2v) is 21.5. The number of anilines is 3. The van der Waals surface area contributed by atoms with E-state index in [0.29, 0.717) is 0 Å². The molecule has 16 rings (SSSR count). The summed E-state index contributed by atoms with van der Waals surface area (Å²) in [5, 5.41) is 2.63. The SMILES string of the molecule is c1ccc2c(c1)Oc1ccccc1C21c2ccccc2-c2cc(N(c3ccc(-c4cccc5sc6ccccc6c45)cc3)c3cccc4c3-c3ccccc3C43c4ccccc4Sc4ccccc43)ccc21. The molecule has 2 aliphatic carbocycles. The van der Waals surface area contributed by atoms with Gasteiger partial charge in [0.1, 0.15) is 11.5 Å². The van der Waals surface area contributed by atoms with Crippen molar-refractivity contribution < 1.29 is 4.74 Å². The lowest BCUT2D eigenvalue weighted by Gasteiger charge is -2.40. The smallest absolute Gasteiger partial charge is 0.132 e. The molecule has 0 saturated heterocycles. The molecule has 3 heterocycles. The summed E-state index contributed by atoms with van der Waals surface area (Å²) in [7, 11) is 0. The Balaban J connectivity index is 0.962. The number of para-hydroxylation sites is 2. The van der Waals surface area contributed by atoms with Crippen molar-refractivity contribution in [1.29, 1.82) is 0 Å². The topological polar surface area (TPSA) is 12.5 Å². The van der Waals surface area contributed by atoms with Crippen LogP contribution in [0.15, 0.2) is 259 Å². The summed E-state index contributed by atoms with van der Waals surface area (Å²) >= 11 is 3.76. The Kier molecular flexibility index (Phi) is 8.43. The molecular weight excluding hydrogens is 911 g/mol. The van der Waals surface area contributed by atoms with Crippen molar-refractivity contribution in [3.8, 4) is 44.9 Å². The van der Waals surface area contributed by atoms with Crippen LogP contribution in [0.25, 0.3) is 53.6 Å². The van der Waals surface area contributed by atoms with Crippen molar-refractivity contribution in [2.24, 2.45) is 0 Å². The Morgan fingerprint density at radius 3 is 1.60 bits per heavy atom. The molecule has 72 heavy (non-hydrogen) atoms. The Morgan fingerprint density at radius 1 is 0.347 bits per heavy atom. The van der Waals surface area contributed by atoms with Gasteiger partial charge in [0.15, 0.2) is 0 Å². The molecule has 4 heteroatoms. The van der Waals surface area contributed by atoms with Gasteiger partial charge in [-0.05, 0) is 128 Å². The third kappa shape index (κ3) is 5.25. The Labute approximate surface area is 426 Å². The van der Waals surface area contributed by atoms with Gasteiger partial charge >= 0.3 is 0 Å². The molecule has 1 aromatic heterocycles. The van der Waals surface area contributed by atoms with Gasteiger partial charge < -0.3 is 9.64 Å². The average molecular weight is 952 g/mol. The number of benzene rings is 11. The normalized spacial score (nSPS) is 14.4. The van der Waals surface area contributed by atoms with Gasteiger partial charge in [0, 0.05) is 58.0 Å². The van der Waals surface area contributed by atoms with Crippen molar-refractivity contribution in [2.75, 3.05) is 4.90 Å². The van der Waals surface area contributed by atoms with E-state index in [0.717, 1.165) is 39.7 Å². The third-order valence-electron chi connectivity index (χ3n) is 16.0. The van der Waals surface area contributed by atoms with E-state index >= 15 is 0 Å². The second-order valence-electron chi connectivity index (χ2n) is 19.4. The Morgan fingerprint density at radius 2 is 0.861 bits per heavy atom. The Bertz CT molecular complexity index is 4170. The number of ether oxygens (including phenoxy) is 1. The number of fused-ring (bicyclic) bond motifs is 21. The zero-order chi connectivity index (χ0) is 47.1. The summed E-state index contributed by atoms with van der Waals surface area (Å²) in [5.41, 5.74) is 19.9. The molecule has 0 radical (unpaired) electrons. The van der Waals surface area contributed by atoms with E-state index in [1.807, 2.05) is 23.1 Å². The minimum Gasteiger partial charge on any atom is -0.457 e. The largest absolute Gasteiger partial charge is 0.457 e. The second kappa shape index (κ2) is 15.1. The van der Waals surface area contributed by atoms with Gasteiger partial charge in [0.25, 0.3) is 0 Å². The molecule has 11 aromatic carbocycles. The average Bonchev–Trinajstić information content (AvgIpc) is 4.07. The number of thiophene rings is 1. The summed E-state index contributed by atoms with van der Waals surface area (Å²) in [4.78, 5) is 5.13. The van der Waals surface area contributed by atoms with Crippen LogP contribution >= 0.6 is 23.1 Å². The van der Waals surface area contributed by atoms with Crippen LogP contribution in [0.1, 0.15) is 44.5 Å². The number of nitrogens with zero attached hydrogens (tertiary/aromatic N) is 1. The van der Waals surface area contributed by atoms with E-state index in [-0.39, 0.29) is 0 Å². The first-order chi connectivity index (χ1) is 35.7. The van der Waals surface area contributed by atoms with Gasteiger partial charge in [-0.3, -0.25) is 0 Å². The molecular formula is C68H41NOS2. The highest BCUT2D eigenvalue weighted by molar-refractivity contribution is 7.99. The van der Waals surface area contributed by atoms with Crippen molar-refractivity contribution in [3.63, 3.8) is 0 Å². The standard InChI is InChI=1S/C68H41NOS2/c1-4-21-50-46(17-1)49-41-44(39-40-52(49)67(50)53-23-6-10-29-59(53)70-60-30-11-7-24-54(60)67)69(43-37-35-42(36-38-43)45-20-15-34-64-65(45)48-19-3-12-31-61(48)71-64)58-28-16-27-57-66(58)47-18-2-5-22-51(47)68(57)55-25-8-13-32-62(55)72-63-33-14-9-26-56(63)68/h1-41H. The van der Waals surface area contributed by atoms with Gasteiger partial charge in [-0.1, -0.05) is 194 Å². The lowest BCUT2D eigenvalue weighted by atomic mass is 9.66. The maximum absolute atomic E-state index is 6.71. The Hall–Kier alpha value is -8.41. The predicted molar refractivity (Wildman–Crippen MR) is 298 cm³/mol. The fourth-order valence-corrected chi connectivity index (χ4v) is 15.6. The summed E-state index contributed by atoms with van der Waals surface area (Å²) in [6.45, 7) is 0. The van der Waals surface area contributed by atoms with E-state index in [9.17, 15) is 0 Å². The summed E-state index contributed by atoms with van der Waals surface area (Å²) in [5.74, 6) is 1.79. The van der Waals surface area contributed by atoms with Crippen LogP contribution in [0, 0.1) is 0 Å². The summed E-state index contributed by atoms with van der Waals surface area (Å²) < 4.78 is 9.33.